The lowest BCUT2D eigenvalue weighted by molar-refractivity contribution is -0.197. The van der Waals surface area contributed by atoms with Crippen LogP contribution in [-0.4, -0.2) is 36.8 Å². The Kier molecular flexibility index (Phi) is 5.33. The number of methoxy groups -OCH3 is 1. The Morgan fingerprint density at radius 3 is 2.47 bits per heavy atom. The van der Waals surface area contributed by atoms with E-state index in [0.717, 1.165) is 18.2 Å². The van der Waals surface area contributed by atoms with Crippen LogP contribution in [0.1, 0.15) is 10.4 Å². The number of carbonyl (C=O) groups excluding carboxylic acids is 3. The summed E-state index contributed by atoms with van der Waals surface area (Å²) >= 11 is 5.83. The smallest absolute Gasteiger partial charge is 0.440 e. The lowest BCUT2D eigenvalue weighted by Gasteiger charge is -2.30. The van der Waals surface area contributed by atoms with Gasteiger partial charge in [0.1, 0.15) is 11.6 Å². The van der Waals surface area contributed by atoms with Gasteiger partial charge in [-0.1, -0.05) is 23.7 Å². The summed E-state index contributed by atoms with van der Waals surface area (Å²) in [5.74, 6) is -4.66. The Bertz CT molecular complexity index is 1050. The fourth-order valence-corrected chi connectivity index (χ4v) is 2.98. The molecule has 1 atom stereocenters. The highest BCUT2D eigenvalue weighted by atomic mass is 35.5. The lowest BCUT2D eigenvalue weighted by Crippen LogP contribution is -2.69. The van der Waals surface area contributed by atoms with Crippen LogP contribution in [0.25, 0.3) is 0 Å². The molecule has 2 aromatic rings. The predicted molar refractivity (Wildman–Crippen MR) is 96.7 cm³/mol. The number of hydrogen-bond acceptors (Lipinski definition) is 4. The number of rotatable bonds is 4. The second-order valence-electron chi connectivity index (χ2n) is 6.07. The van der Waals surface area contributed by atoms with Crippen molar-refractivity contribution in [2.75, 3.05) is 12.0 Å². The highest BCUT2D eigenvalue weighted by Gasteiger charge is 2.69. The van der Waals surface area contributed by atoms with Crippen LogP contribution in [0.4, 0.5) is 28.0 Å². The van der Waals surface area contributed by atoms with Gasteiger partial charge in [-0.15, -0.1) is 0 Å². The van der Waals surface area contributed by atoms with Crippen LogP contribution in [0, 0.1) is 5.82 Å². The van der Waals surface area contributed by atoms with E-state index < -0.39 is 41.1 Å². The van der Waals surface area contributed by atoms with Crippen LogP contribution in [0.5, 0.6) is 5.75 Å². The fraction of sp³-hybridized carbons (Fsp3) is 0.167. The molecule has 0 aromatic heterocycles. The molecule has 0 unspecified atom stereocenters. The summed E-state index contributed by atoms with van der Waals surface area (Å²) in [4.78, 5) is 37.7. The second kappa shape index (κ2) is 7.48. The molecule has 1 aliphatic rings. The molecule has 0 saturated carbocycles. The van der Waals surface area contributed by atoms with E-state index in [-0.39, 0.29) is 21.4 Å². The van der Waals surface area contributed by atoms with E-state index in [1.807, 2.05) is 0 Å². The maximum atomic E-state index is 13.9. The average molecular weight is 446 g/mol. The Balaban J connectivity index is 2.08. The Morgan fingerprint density at radius 2 is 1.87 bits per heavy atom. The van der Waals surface area contributed by atoms with Crippen molar-refractivity contribution >= 4 is 35.1 Å². The number of anilines is 1. The van der Waals surface area contributed by atoms with Crippen LogP contribution < -0.4 is 20.3 Å². The molecule has 0 aliphatic carbocycles. The van der Waals surface area contributed by atoms with E-state index in [1.54, 1.807) is 0 Å². The Hall–Kier alpha value is -3.34. The van der Waals surface area contributed by atoms with Crippen molar-refractivity contribution in [1.82, 2.24) is 10.6 Å². The summed E-state index contributed by atoms with van der Waals surface area (Å²) in [5.41, 5.74) is -4.96. The van der Waals surface area contributed by atoms with E-state index in [2.05, 4.69) is 0 Å². The summed E-state index contributed by atoms with van der Waals surface area (Å²) in [6, 6.07) is 6.34. The first kappa shape index (κ1) is 21.4. The van der Waals surface area contributed by atoms with E-state index in [1.165, 1.54) is 42.0 Å². The zero-order valence-electron chi connectivity index (χ0n) is 15.0. The number of nitrogens with zero attached hydrogens (tertiary/aromatic N) is 1. The molecule has 1 aliphatic heterocycles. The number of nitrogens with one attached hydrogen (secondary N) is 2. The average Bonchev–Trinajstić information content (AvgIpc) is 2.92. The molecule has 12 heteroatoms. The molecule has 3 rings (SSSR count). The van der Waals surface area contributed by atoms with Gasteiger partial charge < -0.3 is 10.1 Å². The van der Waals surface area contributed by atoms with E-state index in [0.29, 0.717) is 0 Å². The highest BCUT2D eigenvalue weighted by Crippen LogP contribution is 2.39. The Labute approximate surface area is 171 Å². The van der Waals surface area contributed by atoms with Gasteiger partial charge in [0.15, 0.2) is 0 Å². The molecule has 0 bridgehead atoms. The first-order valence-corrected chi connectivity index (χ1v) is 8.53. The third-order valence-corrected chi connectivity index (χ3v) is 4.48. The molecule has 158 valence electrons. The minimum Gasteiger partial charge on any atom is -0.495 e. The van der Waals surface area contributed by atoms with Crippen LogP contribution in [-0.2, 0) is 4.79 Å². The monoisotopic (exact) mass is 445 g/mol. The number of benzene rings is 2. The fourth-order valence-electron chi connectivity index (χ4n) is 2.82. The number of alkyl halides is 3. The maximum absolute atomic E-state index is 13.9. The zero-order chi connectivity index (χ0) is 22.3. The minimum atomic E-state index is -5.47. The molecule has 4 amide bonds. The molecular weight excluding hydrogens is 434 g/mol. The number of carbonyl (C=O) groups is 3. The zero-order valence-corrected chi connectivity index (χ0v) is 15.8. The molecule has 0 spiro atoms. The van der Waals surface area contributed by atoms with Crippen molar-refractivity contribution in [3.05, 3.63) is 58.9 Å². The SMILES string of the molecule is COc1ccc(Cl)cc1N1C(=O)N[C@](NC(=O)c2ccccc2F)(C(F)(F)F)C1=O. The van der Waals surface area contributed by atoms with Gasteiger partial charge in [0.05, 0.1) is 18.4 Å². The first-order chi connectivity index (χ1) is 14.0. The maximum Gasteiger partial charge on any atom is 0.440 e. The summed E-state index contributed by atoms with van der Waals surface area (Å²) in [5, 5.41) is 2.88. The standard InChI is InChI=1S/C18H12ClF4N3O4/c1-30-13-7-6-9(19)8-12(13)26-15(28)17(18(21,22)23,25-16(26)29)24-14(27)10-4-2-3-5-11(10)20/h2-8H,1H3,(H,24,27)(H,25,29)/t17-/m0/s1. The van der Waals surface area contributed by atoms with Gasteiger partial charge in [-0.05, 0) is 30.3 Å². The van der Waals surface area contributed by atoms with E-state index in [9.17, 15) is 31.9 Å². The minimum absolute atomic E-state index is 0.00583. The molecule has 1 fully saturated rings. The number of amides is 4. The van der Waals surface area contributed by atoms with Gasteiger partial charge in [0.2, 0.25) is 0 Å². The molecule has 2 aromatic carbocycles. The molecular formula is C18H12ClF4N3O4. The van der Waals surface area contributed by atoms with Crippen LogP contribution in [0.3, 0.4) is 0 Å². The van der Waals surface area contributed by atoms with Crippen LogP contribution >= 0.6 is 11.6 Å². The van der Waals surface area contributed by atoms with E-state index in [4.69, 9.17) is 16.3 Å². The van der Waals surface area contributed by atoms with Gasteiger partial charge in [-0.3, -0.25) is 14.9 Å². The first-order valence-electron chi connectivity index (χ1n) is 8.16. The third kappa shape index (κ3) is 3.41. The molecule has 30 heavy (non-hydrogen) atoms. The Morgan fingerprint density at radius 1 is 1.20 bits per heavy atom. The molecule has 0 radical (unpaired) electrons. The van der Waals surface area contributed by atoms with Gasteiger partial charge in [0.25, 0.3) is 17.5 Å². The third-order valence-electron chi connectivity index (χ3n) is 4.25. The summed E-state index contributed by atoms with van der Waals surface area (Å²) in [6.07, 6.45) is -5.47. The van der Waals surface area contributed by atoms with Crippen LogP contribution in [0.2, 0.25) is 5.02 Å². The molecule has 2 N–H and O–H groups in total. The number of hydrogen-bond donors (Lipinski definition) is 2. The summed E-state index contributed by atoms with van der Waals surface area (Å²) in [7, 11) is 1.17. The number of imide groups is 1. The second-order valence-corrected chi connectivity index (χ2v) is 6.51. The van der Waals surface area contributed by atoms with Gasteiger partial charge >= 0.3 is 12.2 Å². The van der Waals surface area contributed by atoms with Crippen LogP contribution in [0.15, 0.2) is 42.5 Å². The van der Waals surface area contributed by atoms with Gasteiger partial charge in [-0.25, -0.2) is 14.1 Å². The summed E-state index contributed by atoms with van der Waals surface area (Å²) < 4.78 is 60.6. The summed E-state index contributed by atoms with van der Waals surface area (Å²) in [6.45, 7) is 0. The quantitative estimate of drug-likeness (QED) is 0.559. The number of ether oxygens (including phenoxy) is 1. The van der Waals surface area contributed by atoms with Crippen molar-refractivity contribution < 1.29 is 36.7 Å². The lowest BCUT2D eigenvalue weighted by atomic mass is 10.1. The van der Waals surface area contributed by atoms with Gasteiger partial charge in [-0.2, -0.15) is 13.2 Å². The van der Waals surface area contributed by atoms with Crippen molar-refractivity contribution in [3.8, 4) is 5.75 Å². The number of urea groups is 1. The van der Waals surface area contributed by atoms with E-state index >= 15 is 0 Å². The topological polar surface area (TPSA) is 87.7 Å². The van der Waals surface area contributed by atoms with Crippen molar-refractivity contribution in [2.45, 2.75) is 11.8 Å². The van der Waals surface area contributed by atoms with Crippen molar-refractivity contribution in [1.29, 1.82) is 0 Å². The highest BCUT2D eigenvalue weighted by molar-refractivity contribution is 6.32. The normalized spacial score (nSPS) is 18.9. The molecule has 1 heterocycles. The van der Waals surface area contributed by atoms with Crippen molar-refractivity contribution in [2.24, 2.45) is 0 Å². The van der Waals surface area contributed by atoms with Crippen molar-refractivity contribution in [3.63, 3.8) is 0 Å². The predicted octanol–water partition coefficient (Wildman–Crippen LogP) is 3.23. The number of halogens is 5. The largest absolute Gasteiger partial charge is 0.495 e. The van der Waals surface area contributed by atoms with Gasteiger partial charge in [0, 0.05) is 5.02 Å². The molecule has 7 nitrogen and oxygen atoms in total. The molecule has 1 saturated heterocycles.